The average molecular weight is 829 g/mol. The standard InChI is InChI=1S/C62H40N2O/c1-3-19-50-41(13-1)15-10-23-52(50)43-29-33-46(34-30-43)63(47-35-31-44(32-36-47)53-24-11-16-42-14-2-4-20-51(42)53)48-18-9-17-45(39-48)54-25-12-27-59-62(54)56-22-5-7-26-58(56)64(59)49-37-38-61-57(40-49)55-21-6-8-28-60(55)65-61/h1-40H. The molecule has 0 unspecified atom stereocenters. The van der Waals surface area contributed by atoms with Crippen LogP contribution in [0.5, 0.6) is 0 Å². The molecule has 65 heavy (non-hydrogen) atoms. The summed E-state index contributed by atoms with van der Waals surface area (Å²) in [6.45, 7) is 0. The van der Waals surface area contributed by atoms with E-state index in [1.54, 1.807) is 0 Å². The first-order chi connectivity index (χ1) is 32.2. The molecule has 2 heterocycles. The van der Waals surface area contributed by atoms with Gasteiger partial charge < -0.3 is 13.9 Å². The van der Waals surface area contributed by atoms with E-state index in [0.29, 0.717) is 0 Å². The van der Waals surface area contributed by atoms with E-state index in [9.17, 15) is 0 Å². The Morgan fingerprint density at radius 1 is 0.308 bits per heavy atom. The maximum Gasteiger partial charge on any atom is 0.135 e. The van der Waals surface area contributed by atoms with E-state index < -0.39 is 0 Å². The molecule has 13 rings (SSSR count). The third kappa shape index (κ3) is 6.12. The Labute approximate surface area is 376 Å². The van der Waals surface area contributed by atoms with Gasteiger partial charge in [0, 0.05) is 44.3 Å². The Kier molecular flexibility index (Phi) is 8.53. The molecule has 0 fully saturated rings. The Balaban J connectivity index is 0.957. The minimum Gasteiger partial charge on any atom is -0.456 e. The van der Waals surface area contributed by atoms with Crippen LogP contribution >= 0.6 is 0 Å². The Morgan fingerprint density at radius 2 is 0.831 bits per heavy atom. The van der Waals surface area contributed by atoms with Crippen molar-refractivity contribution in [3.05, 3.63) is 243 Å². The smallest absolute Gasteiger partial charge is 0.135 e. The maximum atomic E-state index is 6.24. The van der Waals surface area contributed by atoms with E-state index in [0.717, 1.165) is 61.3 Å². The van der Waals surface area contributed by atoms with Gasteiger partial charge >= 0.3 is 0 Å². The maximum absolute atomic E-state index is 6.24. The van der Waals surface area contributed by atoms with Gasteiger partial charge in [-0.1, -0.05) is 170 Å². The highest BCUT2D eigenvalue weighted by Gasteiger charge is 2.20. The van der Waals surface area contributed by atoms with Gasteiger partial charge in [0.15, 0.2) is 0 Å². The number of para-hydroxylation sites is 2. The molecule has 3 nitrogen and oxygen atoms in total. The lowest BCUT2D eigenvalue weighted by atomic mass is 9.97. The lowest BCUT2D eigenvalue weighted by Gasteiger charge is -2.26. The first-order valence-corrected chi connectivity index (χ1v) is 22.2. The van der Waals surface area contributed by atoms with Gasteiger partial charge in [0.05, 0.1) is 11.0 Å². The fourth-order valence-corrected chi connectivity index (χ4v) is 10.2. The molecular formula is C62H40N2O. The second-order valence-electron chi connectivity index (χ2n) is 16.9. The van der Waals surface area contributed by atoms with Gasteiger partial charge in [-0.3, -0.25) is 0 Å². The van der Waals surface area contributed by atoms with Crippen molar-refractivity contribution in [2.45, 2.75) is 0 Å². The van der Waals surface area contributed by atoms with Crippen molar-refractivity contribution in [3.8, 4) is 39.1 Å². The summed E-state index contributed by atoms with van der Waals surface area (Å²) < 4.78 is 8.64. The number of furan rings is 1. The van der Waals surface area contributed by atoms with Crippen LogP contribution < -0.4 is 4.90 Å². The summed E-state index contributed by atoms with van der Waals surface area (Å²) in [4.78, 5) is 2.39. The number of anilines is 3. The summed E-state index contributed by atoms with van der Waals surface area (Å²) >= 11 is 0. The summed E-state index contributed by atoms with van der Waals surface area (Å²) in [7, 11) is 0. The first-order valence-electron chi connectivity index (χ1n) is 22.2. The first kappa shape index (κ1) is 36.9. The van der Waals surface area contributed by atoms with Crippen LogP contribution in [-0.4, -0.2) is 4.57 Å². The largest absolute Gasteiger partial charge is 0.456 e. The van der Waals surface area contributed by atoms with Gasteiger partial charge in [-0.15, -0.1) is 0 Å². The Hall–Kier alpha value is -8.66. The predicted molar refractivity (Wildman–Crippen MR) is 274 cm³/mol. The molecule has 0 aliphatic carbocycles. The molecule has 0 saturated carbocycles. The lowest BCUT2D eigenvalue weighted by molar-refractivity contribution is 0.669. The molecule has 0 bridgehead atoms. The van der Waals surface area contributed by atoms with Gasteiger partial charge in [-0.25, -0.2) is 0 Å². The van der Waals surface area contributed by atoms with Gasteiger partial charge in [0.1, 0.15) is 11.2 Å². The Bertz CT molecular complexity index is 3820. The number of benzene rings is 11. The predicted octanol–water partition coefficient (Wildman–Crippen LogP) is 17.5. The highest BCUT2D eigenvalue weighted by Crippen LogP contribution is 2.43. The summed E-state index contributed by atoms with van der Waals surface area (Å²) in [5.74, 6) is 0. The minimum atomic E-state index is 0.893. The van der Waals surface area contributed by atoms with Crippen LogP contribution in [0.1, 0.15) is 0 Å². The molecule has 13 aromatic rings. The molecule has 3 heteroatoms. The van der Waals surface area contributed by atoms with Gasteiger partial charge in [0.2, 0.25) is 0 Å². The fourth-order valence-electron chi connectivity index (χ4n) is 10.2. The van der Waals surface area contributed by atoms with E-state index in [1.807, 2.05) is 12.1 Å². The van der Waals surface area contributed by atoms with Gasteiger partial charge in [-0.05, 0) is 128 Å². The van der Waals surface area contributed by atoms with Crippen molar-refractivity contribution < 1.29 is 4.42 Å². The number of fused-ring (bicyclic) bond motifs is 8. The van der Waals surface area contributed by atoms with Crippen LogP contribution in [0.4, 0.5) is 17.1 Å². The molecule has 0 atom stereocenters. The topological polar surface area (TPSA) is 21.3 Å². The third-order valence-electron chi connectivity index (χ3n) is 13.2. The normalized spacial score (nSPS) is 11.7. The monoisotopic (exact) mass is 828 g/mol. The van der Waals surface area contributed by atoms with E-state index in [4.69, 9.17) is 4.42 Å². The SMILES string of the molecule is c1cc(-c2cccc3c2c2ccccc2n3-c2ccc3oc4ccccc4c3c2)cc(N(c2ccc(-c3cccc4ccccc34)cc2)c2ccc(-c3cccc4ccccc34)cc2)c1. The molecule has 0 radical (unpaired) electrons. The van der Waals surface area contributed by atoms with Crippen LogP contribution in [0.3, 0.4) is 0 Å². The van der Waals surface area contributed by atoms with Crippen LogP contribution in [-0.2, 0) is 0 Å². The summed E-state index contributed by atoms with van der Waals surface area (Å²) in [6, 6.07) is 87.8. The van der Waals surface area contributed by atoms with Crippen molar-refractivity contribution >= 4 is 82.4 Å². The van der Waals surface area contributed by atoms with Crippen molar-refractivity contribution in [2.24, 2.45) is 0 Å². The quantitative estimate of drug-likeness (QED) is 0.160. The molecule has 2 aromatic heterocycles. The second kappa shape index (κ2) is 15.0. The van der Waals surface area contributed by atoms with Gasteiger partial charge in [-0.2, -0.15) is 0 Å². The molecule has 304 valence electrons. The summed E-state index contributed by atoms with van der Waals surface area (Å²) in [5.41, 5.74) is 15.6. The lowest BCUT2D eigenvalue weighted by Crippen LogP contribution is -2.10. The number of nitrogens with zero attached hydrogens (tertiary/aromatic N) is 2. The molecule has 0 N–H and O–H groups in total. The number of hydrogen-bond donors (Lipinski definition) is 0. The van der Waals surface area contributed by atoms with E-state index in [1.165, 1.54) is 60.1 Å². The fraction of sp³-hybridized carbons (Fsp3) is 0. The minimum absolute atomic E-state index is 0.893. The van der Waals surface area contributed by atoms with Crippen molar-refractivity contribution in [2.75, 3.05) is 4.90 Å². The molecule has 0 aliphatic heterocycles. The molecular weight excluding hydrogens is 789 g/mol. The zero-order chi connectivity index (χ0) is 42.8. The Morgan fingerprint density at radius 3 is 1.52 bits per heavy atom. The average Bonchev–Trinajstić information content (AvgIpc) is 3.92. The van der Waals surface area contributed by atoms with Gasteiger partial charge in [0.25, 0.3) is 0 Å². The summed E-state index contributed by atoms with van der Waals surface area (Å²) in [5, 5.41) is 9.66. The van der Waals surface area contributed by atoms with E-state index >= 15 is 0 Å². The number of hydrogen-bond acceptors (Lipinski definition) is 2. The van der Waals surface area contributed by atoms with Crippen molar-refractivity contribution in [1.82, 2.24) is 4.57 Å². The molecule has 0 spiro atoms. The van der Waals surface area contributed by atoms with Crippen LogP contribution in [0.25, 0.3) is 104 Å². The van der Waals surface area contributed by atoms with Crippen LogP contribution in [0.15, 0.2) is 247 Å². The van der Waals surface area contributed by atoms with Crippen LogP contribution in [0, 0.1) is 0 Å². The third-order valence-corrected chi connectivity index (χ3v) is 13.2. The van der Waals surface area contributed by atoms with E-state index in [-0.39, 0.29) is 0 Å². The molecule has 0 aliphatic rings. The summed E-state index contributed by atoms with van der Waals surface area (Å²) in [6.07, 6.45) is 0. The molecule has 0 amide bonds. The van der Waals surface area contributed by atoms with Crippen LogP contribution in [0.2, 0.25) is 0 Å². The highest BCUT2D eigenvalue weighted by molar-refractivity contribution is 6.16. The number of aromatic nitrogens is 1. The zero-order valence-electron chi connectivity index (χ0n) is 35.4. The molecule has 0 saturated heterocycles. The van der Waals surface area contributed by atoms with Crippen molar-refractivity contribution in [3.63, 3.8) is 0 Å². The molecule has 11 aromatic carbocycles. The highest BCUT2D eigenvalue weighted by atomic mass is 16.3. The zero-order valence-corrected chi connectivity index (χ0v) is 35.4. The van der Waals surface area contributed by atoms with Crippen molar-refractivity contribution in [1.29, 1.82) is 0 Å². The second-order valence-corrected chi connectivity index (χ2v) is 16.9. The van der Waals surface area contributed by atoms with E-state index in [2.05, 4.69) is 240 Å². The number of rotatable bonds is 7.